The van der Waals surface area contributed by atoms with Gasteiger partial charge in [0.1, 0.15) is 0 Å². The van der Waals surface area contributed by atoms with Crippen molar-refractivity contribution in [2.24, 2.45) is 11.3 Å². The molecule has 0 aromatic rings. The molecular formula is C15H29F3N2. The fourth-order valence-electron chi connectivity index (χ4n) is 3.06. The van der Waals surface area contributed by atoms with Crippen LogP contribution in [-0.4, -0.2) is 43.8 Å². The summed E-state index contributed by atoms with van der Waals surface area (Å²) in [6.45, 7) is 10.4. The zero-order chi connectivity index (χ0) is 15.2. The van der Waals surface area contributed by atoms with Crippen LogP contribution in [0.25, 0.3) is 0 Å². The van der Waals surface area contributed by atoms with Crippen molar-refractivity contribution in [3.8, 4) is 0 Å². The van der Waals surface area contributed by atoms with Crippen LogP contribution in [0.15, 0.2) is 0 Å². The molecule has 1 aliphatic heterocycles. The highest BCUT2D eigenvalue weighted by Gasteiger charge is 2.41. The second-order valence-electron chi connectivity index (χ2n) is 6.08. The summed E-state index contributed by atoms with van der Waals surface area (Å²) in [5.41, 5.74) is 0.196. The van der Waals surface area contributed by atoms with Crippen LogP contribution < -0.4 is 5.32 Å². The van der Waals surface area contributed by atoms with Crippen LogP contribution in [0.4, 0.5) is 13.2 Å². The van der Waals surface area contributed by atoms with Crippen molar-refractivity contribution < 1.29 is 13.2 Å². The molecule has 0 radical (unpaired) electrons. The van der Waals surface area contributed by atoms with Gasteiger partial charge in [0, 0.05) is 13.1 Å². The Morgan fingerprint density at radius 3 is 2.00 bits per heavy atom. The average molecular weight is 294 g/mol. The summed E-state index contributed by atoms with van der Waals surface area (Å²) >= 11 is 0. The highest BCUT2D eigenvalue weighted by Crippen LogP contribution is 2.35. The van der Waals surface area contributed by atoms with Crippen LogP contribution in [-0.2, 0) is 0 Å². The molecule has 1 heterocycles. The minimum atomic E-state index is -4.01. The maximum atomic E-state index is 12.7. The van der Waals surface area contributed by atoms with E-state index in [0.717, 1.165) is 32.5 Å². The van der Waals surface area contributed by atoms with Crippen molar-refractivity contribution in [3.63, 3.8) is 0 Å². The first kappa shape index (κ1) is 17.8. The Kier molecular flexibility index (Phi) is 6.79. The summed E-state index contributed by atoms with van der Waals surface area (Å²) in [4.78, 5) is 2.23. The zero-order valence-corrected chi connectivity index (χ0v) is 13.0. The number of nitrogens with zero attached hydrogens (tertiary/aromatic N) is 1. The standard InChI is InChI=1S/C15H29F3N2/c1-4-14(5-2,11-19-6-3)12-20-9-7-13(8-10-20)15(16,17)18/h13,19H,4-12H2,1-3H3. The summed E-state index contributed by atoms with van der Waals surface area (Å²) in [6, 6.07) is 0. The molecule has 120 valence electrons. The van der Waals surface area contributed by atoms with E-state index in [1.54, 1.807) is 0 Å². The van der Waals surface area contributed by atoms with Gasteiger partial charge in [-0.1, -0.05) is 20.8 Å². The molecule has 0 atom stereocenters. The third-order valence-electron chi connectivity index (χ3n) is 4.86. The van der Waals surface area contributed by atoms with E-state index in [2.05, 4.69) is 31.0 Å². The van der Waals surface area contributed by atoms with Gasteiger partial charge in [0.25, 0.3) is 0 Å². The molecule has 1 saturated heterocycles. The van der Waals surface area contributed by atoms with Crippen molar-refractivity contribution >= 4 is 0 Å². The Balaban J connectivity index is 2.51. The molecule has 0 aliphatic carbocycles. The molecule has 5 heteroatoms. The summed E-state index contributed by atoms with van der Waals surface area (Å²) in [5, 5.41) is 3.41. The molecule has 0 aromatic carbocycles. The van der Waals surface area contributed by atoms with Crippen molar-refractivity contribution in [2.45, 2.75) is 52.6 Å². The van der Waals surface area contributed by atoms with Gasteiger partial charge in [-0.05, 0) is 50.7 Å². The predicted octanol–water partition coefficient (Wildman–Crippen LogP) is 3.68. The maximum Gasteiger partial charge on any atom is 0.391 e. The Labute approximate surface area is 121 Å². The minimum absolute atomic E-state index is 0.196. The van der Waals surface area contributed by atoms with E-state index in [9.17, 15) is 13.2 Å². The third kappa shape index (κ3) is 4.92. The molecule has 2 nitrogen and oxygen atoms in total. The molecule has 0 bridgehead atoms. The molecule has 1 aliphatic rings. The zero-order valence-electron chi connectivity index (χ0n) is 13.0. The lowest BCUT2D eigenvalue weighted by atomic mass is 9.80. The normalized spacial score (nSPS) is 19.5. The van der Waals surface area contributed by atoms with E-state index in [-0.39, 0.29) is 18.3 Å². The molecule has 0 amide bonds. The second kappa shape index (κ2) is 7.64. The lowest BCUT2D eigenvalue weighted by molar-refractivity contribution is -0.185. The quantitative estimate of drug-likeness (QED) is 0.770. The molecular weight excluding hydrogens is 265 g/mol. The number of piperidine rings is 1. The lowest BCUT2D eigenvalue weighted by Gasteiger charge is -2.40. The van der Waals surface area contributed by atoms with Gasteiger partial charge < -0.3 is 10.2 Å². The van der Waals surface area contributed by atoms with Crippen molar-refractivity contribution in [1.29, 1.82) is 0 Å². The van der Waals surface area contributed by atoms with Crippen LogP contribution >= 0.6 is 0 Å². The first-order chi connectivity index (χ1) is 9.37. The largest absolute Gasteiger partial charge is 0.391 e. The van der Waals surface area contributed by atoms with Gasteiger partial charge in [-0.25, -0.2) is 0 Å². The Hall–Kier alpha value is -0.290. The highest BCUT2D eigenvalue weighted by molar-refractivity contribution is 4.86. The third-order valence-corrected chi connectivity index (χ3v) is 4.86. The molecule has 0 spiro atoms. The lowest BCUT2D eigenvalue weighted by Crippen LogP contribution is -2.47. The van der Waals surface area contributed by atoms with Crippen LogP contribution in [0.1, 0.15) is 46.5 Å². The van der Waals surface area contributed by atoms with Crippen LogP contribution in [0.5, 0.6) is 0 Å². The van der Waals surface area contributed by atoms with Gasteiger partial charge in [-0.3, -0.25) is 0 Å². The Morgan fingerprint density at radius 2 is 1.60 bits per heavy atom. The van der Waals surface area contributed by atoms with Gasteiger partial charge in [-0.2, -0.15) is 13.2 Å². The van der Waals surface area contributed by atoms with Crippen LogP contribution in [0.3, 0.4) is 0 Å². The fourth-order valence-corrected chi connectivity index (χ4v) is 3.06. The van der Waals surface area contributed by atoms with E-state index in [1.165, 1.54) is 0 Å². The van der Waals surface area contributed by atoms with E-state index >= 15 is 0 Å². The second-order valence-corrected chi connectivity index (χ2v) is 6.08. The molecule has 0 unspecified atom stereocenters. The molecule has 0 saturated carbocycles. The smallest absolute Gasteiger partial charge is 0.316 e. The highest BCUT2D eigenvalue weighted by atomic mass is 19.4. The topological polar surface area (TPSA) is 15.3 Å². The summed E-state index contributed by atoms with van der Waals surface area (Å²) < 4.78 is 38.0. The SMILES string of the molecule is CCNCC(CC)(CC)CN1CCC(C(F)(F)F)CC1. The minimum Gasteiger partial charge on any atom is -0.316 e. The number of hydrogen-bond acceptors (Lipinski definition) is 2. The maximum absolute atomic E-state index is 12.7. The van der Waals surface area contributed by atoms with Gasteiger partial charge in [0.2, 0.25) is 0 Å². The number of hydrogen-bond donors (Lipinski definition) is 1. The molecule has 1 rings (SSSR count). The van der Waals surface area contributed by atoms with E-state index < -0.39 is 12.1 Å². The fraction of sp³-hybridized carbons (Fsp3) is 1.00. The molecule has 1 N–H and O–H groups in total. The van der Waals surface area contributed by atoms with Crippen molar-refractivity contribution in [3.05, 3.63) is 0 Å². The van der Waals surface area contributed by atoms with Gasteiger partial charge >= 0.3 is 6.18 Å². The Morgan fingerprint density at radius 1 is 1.05 bits per heavy atom. The van der Waals surface area contributed by atoms with Crippen molar-refractivity contribution in [1.82, 2.24) is 10.2 Å². The van der Waals surface area contributed by atoms with E-state index in [0.29, 0.717) is 13.1 Å². The average Bonchev–Trinajstić information content (AvgIpc) is 2.43. The number of likely N-dealkylation sites (tertiary alicyclic amines) is 1. The monoisotopic (exact) mass is 294 g/mol. The summed E-state index contributed by atoms with van der Waals surface area (Å²) in [6.07, 6.45) is -1.36. The molecule has 20 heavy (non-hydrogen) atoms. The first-order valence-electron chi connectivity index (χ1n) is 7.86. The first-order valence-corrected chi connectivity index (χ1v) is 7.86. The van der Waals surface area contributed by atoms with Crippen LogP contribution in [0.2, 0.25) is 0 Å². The molecule has 1 fully saturated rings. The predicted molar refractivity (Wildman–Crippen MR) is 76.8 cm³/mol. The molecule has 0 aromatic heterocycles. The van der Waals surface area contributed by atoms with E-state index in [4.69, 9.17) is 0 Å². The van der Waals surface area contributed by atoms with Crippen molar-refractivity contribution in [2.75, 3.05) is 32.7 Å². The van der Waals surface area contributed by atoms with Crippen LogP contribution in [0, 0.1) is 11.3 Å². The van der Waals surface area contributed by atoms with Gasteiger partial charge in [0.05, 0.1) is 5.92 Å². The van der Waals surface area contributed by atoms with Gasteiger partial charge in [0.15, 0.2) is 0 Å². The van der Waals surface area contributed by atoms with Gasteiger partial charge in [-0.15, -0.1) is 0 Å². The number of alkyl halides is 3. The number of nitrogens with one attached hydrogen (secondary N) is 1. The summed E-state index contributed by atoms with van der Waals surface area (Å²) in [7, 11) is 0. The Bertz CT molecular complexity index is 267. The number of rotatable bonds is 7. The number of halogens is 3. The van der Waals surface area contributed by atoms with E-state index in [1.807, 2.05) is 0 Å². The summed E-state index contributed by atoms with van der Waals surface area (Å²) in [5.74, 6) is -1.09.